The molecule has 2 atom stereocenters. The predicted octanol–water partition coefficient (Wildman–Crippen LogP) is 3.64. The molecule has 0 saturated carbocycles. The van der Waals surface area contributed by atoms with Crippen LogP contribution >= 0.6 is 11.3 Å². The molecule has 1 aliphatic rings. The van der Waals surface area contributed by atoms with Gasteiger partial charge in [-0.2, -0.15) is 0 Å². The number of hydrogen-bond donors (Lipinski definition) is 1. The lowest BCUT2D eigenvalue weighted by Crippen LogP contribution is -2.46. The summed E-state index contributed by atoms with van der Waals surface area (Å²) in [7, 11) is 1.35. The zero-order valence-electron chi connectivity index (χ0n) is 16.4. The first-order valence-electron chi connectivity index (χ1n) is 9.40. The molecule has 0 unspecified atom stereocenters. The standard InChI is InChI=1S/C21H26N2O4S/c1-14-11-23(12-15(2)27-14)10-9-18(24)22-20-19(21(25)26-3)17(13-28-20)16-7-5-4-6-8-16/h4-8,13-15H,9-12H2,1-3H3,(H,22,24)/t14-,15+. The Morgan fingerprint density at radius 3 is 2.54 bits per heavy atom. The minimum Gasteiger partial charge on any atom is -0.465 e. The summed E-state index contributed by atoms with van der Waals surface area (Å²) < 4.78 is 10.7. The summed E-state index contributed by atoms with van der Waals surface area (Å²) in [6, 6.07) is 9.61. The van der Waals surface area contributed by atoms with Gasteiger partial charge in [0.2, 0.25) is 5.91 Å². The summed E-state index contributed by atoms with van der Waals surface area (Å²) in [5, 5.41) is 5.30. The Morgan fingerprint density at radius 1 is 1.21 bits per heavy atom. The van der Waals surface area contributed by atoms with E-state index in [2.05, 4.69) is 10.2 Å². The zero-order valence-corrected chi connectivity index (χ0v) is 17.3. The van der Waals surface area contributed by atoms with E-state index in [1.807, 2.05) is 49.6 Å². The molecule has 1 aromatic heterocycles. The molecule has 150 valence electrons. The number of benzene rings is 1. The average Bonchev–Trinajstić information content (AvgIpc) is 3.09. The van der Waals surface area contributed by atoms with E-state index in [9.17, 15) is 9.59 Å². The lowest BCUT2D eigenvalue weighted by atomic mass is 10.0. The molecule has 0 spiro atoms. The number of methoxy groups -OCH3 is 1. The smallest absolute Gasteiger partial charge is 0.341 e. The van der Waals surface area contributed by atoms with E-state index in [1.54, 1.807) is 0 Å². The van der Waals surface area contributed by atoms with Gasteiger partial charge in [-0.1, -0.05) is 30.3 Å². The fourth-order valence-electron chi connectivity index (χ4n) is 3.50. The number of anilines is 1. The van der Waals surface area contributed by atoms with Gasteiger partial charge in [0.25, 0.3) is 0 Å². The van der Waals surface area contributed by atoms with Crippen molar-refractivity contribution < 1.29 is 19.1 Å². The van der Waals surface area contributed by atoms with Gasteiger partial charge in [0, 0.05) is 37.0 Å². The van der Waals surface area contributed by atoms with Crippen molar-refractivity contribution in [3.05, 3.63) is 41.3 Å². The van der Waals surface area contributed by atoms with Crippen molar-refractivity contribution in [1.29, 1.82) is 0 Å². The van der Waals surface area contributed by atoms with Crippen LogP contribution in [-0.2, 0) is 14.3 Å². The molecule has 0 bridgehead atoms. The maximum atomic E-state index is 12.5. The Hall–Kier alpha value is -2.22. The number of thiophene rings is 1. The van der Waals surface area contributed by atoms with Crippen molar-refractivity contribution >= 4 is 28.2 Å². The molecule has 0 aliphatic carbocycles. The van der Waals surface area contributed by atoms with Crippen LogP contribution < -0.4 is 5.32 Å². The van der Waals surface area contributed by atoms with Gasteiger partial charge in [0.1, 0.15) is 10.6 Å². The SMILES string of the molecule is COC(=O)c1c(-c2ccccc2)csc1NC(=O)CCN1C[C@@H](C)O[C@@H](C)C1. The van der Waals surface area contributed by atoms with Gasteiger partial charge in [-0.3, -0.25) is 9.69 Å². The van der Waals surface area contributed by atoms with Gasteiger partial charge < -0.3 is 14.8 Å². The van der Waals surface area contributed by atoms with Gasteiger partial charge in [-0.25, -0.2) is 4.79 Å². The van der Waals surface area contributed by atoms with E-state index in [-0.39, 0.29) is 18.1 Å². The van der Waals surface area contributed by atoms with Gasteiger partial charge >= 0.3 is 5.97 Å². The Labute approximate surface area is 169 Å². The van der Waals surface area contributed by atoms with Gasteiger partial charge in [0.05, 0.1) is 19.3 Å². The van der Waals surface area contributed by atoms with Gasteiger partial charge in [-0.05, 0) is 19.4 Å². The number of ether oxygens (including phenoxy) is 2. The molecule has 1 fully saturated rings. The molecule has 1 saturated heterocycles. The van der Waals surface area contributed by atoms with Crippen LogP contribution in [0.15, 0.2) is 35.7 Å². The number of esters is 1. The Balaban J connectivity index is 1.69. The summed E-state index contributed by atoms with van der Waals surface area (Å²) in [6.07, 6.45) is 0.699. The fraction of sp³-hybridized carbons (Fsp3) is 0.429. The molecule has 1 amide bonds. The molecule has 2 heterocycles. The van der Waals surface area contributed by atoms with E-state index < -0.39 is 5.97 Å². The summed E-state index contributed by atoms with van der Waals surface area (Å²) in [5.41, 5.74) is 2.08. The third-order valence-electron chi connectivity index (χ3n) is 4.67. The maximum Gasteiger partial charge on any atom is 0.341 e. The monoisotopic (exact) mass is 402 g/mol. The Morgan fingerprint density at radius 2 is 1.89 bits per heavy atom. The predicted molar refractivity (Wildman–Crippen MR) is 111 cm³/mol. The van der Waals surface area contributed by atoms with Crippen molar-refractivity contribution in [1.82, 2.24) is 4.90 Å². The highest BCUT2D eigenvalue weighted by Crippen LogP contribution is 2.36. The summed E-state index contributed by atoms with van der Waals surface area (Å²) in [6.45, 7) is 6.39. The maximum absolute atomic E-state index is 12.5. The first kappa shape index (κ1) is 20.5. The van der Waals surface area contributed by atoms with Crippen molar-refractivity contribution in [2.75, 3.05) is 32.1 Å². The second-order valence-corrected chi connectivity index (χ2v) is 7.91. The van der Waals surface area contributed by atoms with Crippen LogP contribution in [0.1, 0.15) is 30.6 Å². The van der Waals surface area contributed by atoms with E-state index in [1.165, 1.54) is 18.4 Å². The van der Waals surface area contributed by atoms with Crippen molar-refractivity contribution in [2.24, 2.45) is 0 Å². The highest BCUT2D eigenvalue weighted by Gasteiger charge is 2.24. The van der Waals surface area contributed by atoms with E-state index in [0.29, 0.717) is 23.5 Å². The third-order valence-corrected chi connectivity index (χ3v) is 5.56. The van der Waals surface area contributed by atoms with Crippen LogP contribution in [0.4, 0.5) is 5.00 Å². The molecule has 0 radical (unpaired) electrons. The summed E-state index contributed by atoms with van der Waals surface area (Å²) in [4.78, 5) is 27.1. The zero-order chi connectivity index (χ0) is 20.1. The second-order valence-electron chi connectivity index (χ2n) is 7.03. The van der Waals surface area contributed by atoms with E-state index in [4.69, 9.17) is 9.47 Å². The number of nitrogens with one attached hydrogen (secondary N) is 1. The summed E-state index contributed by atoms with van der Waals surface area (Å²) >= 11 is 1.34. The fourth-order valence-corrected chi connectivity index (χ4v) is 4.47. The molecular formula is C21H26N2O4S. The lowest BCUT2D eigenvalue weighted by Gasteiger charge is -2.35. The van der Waals surface area contributed by atoms with Crippen LogP contribution in [0, 0.1) is 0 Å². The van der Waals surface area contributed by atoms with E-state index in [0.717, 1.165) is 24.2 Å². The first-order chi connectivity index (χ1) is 13.5. The highest BCUT2D eigenvalue weighted by molar-refractivity contribution is 7.15. The number of nitrogens with zero attached hydrogens (tertiary/aromatic N) is 1. The van der Waals surface area contributed by atoms with Crippen molar-refractivity contribution in [3.63, 3.8) is 0 Å². The molecule has 1 aromatic carbocycles. The number of amides is 1. The molecular weight excluding hydrogens is 376 g/mol. The molecule has 1 N–H and O–H groups in total. The third kappa shape index (κ3) is 4.98. The molecule has 1 aliphatic heterocycles. The van der Waals surface area contributed by atoms with E-state index >= 15 is 0 Å². The Bertz CT molecular complexity index is 811. The van der Waals surface area contributed by atoms with Crippen LogP contribution in [0.2, 0.25) is 0 Å². The molecule has 7 heteroatoms. The lowest BCUT2D eigenvalue weighted by molar-refractivity contribution is -0.117. The highest BCUT2D eigenvalue weighted by atomic mass is 32.1. The Kier molecular flexibility index (Phi) is 6.83. The topological polar surface area (TPSA) is 67.9 Å². The van der Waals surface area contributed by atoms with Crippen LogP contribution in [0.25, 0.3) is 11.1 Å². The minimum absolute atomic E-state index is 0.113. The van der Waals surface area contributed by atoms with Crippen molar-refractivity contribution in [2.45, 2.75) is 32.5 Å². The minimum atomic E-state index is -0.453. The average molecular weight is 403 g/mol. The largest absolute Gasteiger partial charge is 0.465 e. The number of carbonyl (C=O) groups excluding carboxylic acids is 2. The second kappa shape index (κ2) is 9.32. The molecule has 6 nitrogen and oxygen atoms in total. The molecule has 2 aromatic rings. The van der Waals surface area contributed by atoms with Crippen LogP contribution in [0.5, 0.6) is 0 Å². The summed E-state index contributed by atoms with van der Waals surface area (Å²) in [5.74, 6) is -0.565. The molecule has 28 heavy (non-hydrogen) atoms. The van der Waals surface area contributed by atoms with Crippen molar-refractivity contribution in [3.8, 4) is 11.1 Å². The number of carbonyl (C=O) groups is 2. The number of hydrogen-bond acceptors (Lipinski definition) is 6. The number of morpholine rings is 1. The van der Waals surface area contributed by atoms with Crippen LogP contribution in [-0.4, -0.2) is 55.7 Å². The van der Waals surface area contributed by atoms with Crippen LogP contribution in [0.3, 0.4) is 0 Å². The molecule has 3 rings (SSSR count). The number of rotatable bonds is 6. The first-order valence-corrected chi connectivity index (χ1v) is 10.3. The van der Waals surface area contributed by atoms with Gasteiger partial charge in [-0.15, -0.1) is 11.3 Å². The van der Waals surface area contributed by atoms with Gasteiger partial charge in [0.15, 0.2) is 0 Å². The quantitative estimate of drug-likeness (QED) is 0.747. The normalized spacial score (nSPS) is 20.0.